The first-order chi connectivity index (χ1) is 14.6. The van der Waals surface area contributed by atoms with Gasteiger partial charge in [-0.05, 0) is 44.2 Å². The number of aliphatic hydroxyl groups is 1. The Kier molecular flexibility index (Phi) is 7.93. The molecule has 8 heteroatoms. The molecule has 0 fully saturated rings. The van der Waals surface area contributed by atoms with E-state index in [1.165, 1.54) is 6.07 Å². The molecule has 0 aromatic heterocycles. The standard InChI is InChI=1S/C22H25ClFN3O3/c1-3-29-22(30-4-2)19(13-28)27-20-12-25-21(15-7-5-6-8-17(15)24)16-11-14(23)9-10-18(16)26-20/h5-11,19,22,28H,3-4,12-13H2,1-2H3,(H,26,27). The maximum absolute atomic E-state index is 14.5. The Morgan fingerprint density at radius 1 is 1.13 bits per heavy atom. The fraction of sp³-hybridized carbons (Fsp3) is 0.364. The van der Waals surface area contributed by atoms with Gasteiger partial charge in [-0.25, -0.2) is 9.38 Å². The van der Waals surface area contributed by atoms with E-state index in [0.29, 0.717) is 46.6 Å². The second-order valence-corrected chi connectivity index (χ2v) is 7.01. The summed E-state index contributed by atoms with van der Waals surface area (Å²) >= 11 is 6.20. The maximum atomic E-state index is 14.5. The van der Waals surface area contributed by atoms with E-state index in [-0.39, 0.29) is 19.0 Å². The van der Waals surface area contributed by atoms with E-state index in [4.69, 9.17) is 21.1 Å². The maximum Gasteiger partial charge on any atom is 0.179 e. The molecule has 2 aromatic carbocycles. The Morgan fingerprint density at radius 2 is 1.87 bits per heavy atom. The number of nitrogens with one attached hydrogen (secondary N) is 1. The highest BCUT2D eigenvalue weighted by molar-refractivity contribution is 6.31. The largest absolute Gasteiger partial charge is 0.394 e. The quantitative estimate of drug-likeness (QED) is 0.622. The molecule has 0 bridgehead atoms. The average Bonchev–Trinajstić information content (AvgIpc) is 2.91. The van der Waals surface area contributed by atoms with E-state index >= 15 is 0 Å². The molecule has 0 amide bonds. The highest BCUT2D eigenvalue weighted by Gasteiger charge is 2.25. The van der Waals surface area contributed by atoms with Crippen molar-refractivity contribution in [3.05, 3.63) is 64.4 Å². The molecule has 0 saturated heterocycles. The number of amidine groups is 1. The van der Waals surface area contributed by atoms with Crippen molar-refractivity contribution in [3.8, 4) is 0 Å². The molecular formula is C22H25ClFN3O3. The molecule has 30 heavy (non-hydrogen) atoms. The van der Waals surface area contributed by atoms with E-state index in [2.05, 4.69) is 15.3 Å². The van der Waals surface area contributed by atoms with Gasteiger partial charge in [0.25, 0.3) is 0 Å². The fourth-order valence-corrected chi connectivity index (χ4v) is 3.37. The summed E-state index contributed by atoms with van der Waals surface area (Å²) in [5.74, 6) is 0.132. The molecule has 0 saturated carbocycles. The lowest BCUT2D eigenvalue weighted by molar-refractivity contribution is -0.156. The Hall–Kier alpha value is -2.32. The van der Waals surface area contributed by atoms with Crippen LogP contribution in [0.3, 0.4) is 0 Å². The Balaban J connectivity index is 1.97. The van der Waals surface area contributed by atoms with Gasteiger partial charge in [0.05, 0.1) is 24.6 Å². The van der Waals surface area contributed by atoms with E-state index in [0.717, 1.165) is 0 Å². The minimum atomic E-state index is -0.643. The summed E-state index contributed by atoms with van der Waals surface area (Å²) in [6, 6.07) is 11.1. The summed E-state index contributed by atoms with van der Waals surface area (Å²) in [5.41, 5.74) is 2.08. The molecule has 2 N–H and O–H groups in total. The molecule has 3 rings (SSSR count). The van der Waals surface area contributed by atoms with Crippen molar-refractivity contribution in [3.63, 3.8) is 0 Å². The van der Waals surface area contributed by atoms with Crippen molar-refractivity contribution in [1.29, 1.82) is 0 Å². The van der Waals surface area contributed by atoms with Crippen LogP contribution in [0.2, 0.25) is 5.02 Å². The summed E-state index contributed by atoms with van der Waals surface area (Å²) in [4.78, 5) is 9.28. The van der Waals surface area contributed by atoms with Gasteiger partial charge in [0.2, 0.25) is 0 Å². The summed E-state index contributed by atoms with van der Waals surface area (Å²) in [6.45, 7) is 4.53. The van der Waals surface area contributed by atoms with Crippen LogP contribution in [-0.2, 0) is 9.47 Å². The van der Waals surface area contributed by atoms with Gasteiger partial charge in [0, 0.05) is 29.4 Å². The first-order valence-corrected chi connectivity index (χ1v) is 10.2. The van der Waals surface area contributed by atoms with Crippen LogP contribution in [0.15, 0.2) is 52.4 Å². The second kappa shape index (κ2) is 10.6. The van der Waals surface area contributed by atoms with E-state index < -0.39 is 12.3 Å². The molecule has 1 unspecified atom stereocenters. The molecule has 0 spiro atoms. The first-order valence-electron chi connectivity index (χ1n) is 9.84. The van der Waals surface area contributed by atoms with Crippen molar-refractivity contribution >= 4 is 28.8 Å². The average molecular weight is 434 g/mol. The number of hydrogen-bond acceptors (Lipinski definition) is 6. The van der Waals surface area contributed by atoms with Crippen molar-refractivity contribution in [2.45, 2.75) is 26.2 Å². The van der Waals surface area contributed by atoms with Crippen molar-refractivity contribution in [2.75, 3.05) is 26.4 Å². The van der Waals surface area contributed by atoms with Gasteiger partial charge in [0.15, 0.2) is 6.29 Å². The number of aliphatic imine (C=N–C) groups is 2. The smallest absolute Gasteiger partial charge is 0.179 e. The number of aliphatic hydroxyl groups excluding tert-OH is 1. The second-order valence-electron chi connectivity index (χ2n) is 6.58. The van der Waals surface area contributed by atoms with Crippen LogP contribution in [0.25, 0.3) is 0 Å². The molecule has 1 aliphatic rings. The fourth-order valence-electron chi connectivity index (χ4n) is 3.20. The molecule has 1 aliphatic heterocycles. The molecule has 1 atom stereocenters. The van der Waals surface area contributed by atoms with Crippen LogP contribution in [0.5, 0.6) is 0 Å². The third kappa shape index (κ3) is 5.23. The van der Waals surface area contributed by atoms with Gasteiger partial charge < -0.3 is 19.9 Å². The van der Waals surface area contributed by atoms with Crippen LogP contribution in [0.1, 0.15) is 25.0 Å². The lowest BCUT2D eigenvalue weighted by Crippen LogP contribution is -2.49. The predicted molar refractivity (Wildman–Crippen MR) is 117 cm³/mol. The lowest BCUT2D eigenvalue weighted by Gasteiger charge is -2.27. The molecule has 0 radical (unpaired) electrons. The molecule has 160 valence electrons. The number of nitrogens with zero attached hydrogens (tertiary/aromatic N) is 2. The van der Waals surface area contributed by atoms with E-state index in [1.54, 1.807) is 36.4 Å². The van der Waals surface area contributed by atoms with Crippen molar-refractivity contribution in [1.82, 2.24) is 5.32 Å². The molecule has 1 heterocycles. The van der Waals surface area contributed by atoms with E-state index in [9.17, 15) is 9.50 Å². The normalized spacial score (nSPS) is 14.6. The molecule has 0 aliphatic carbocycles. The zero-order valence-corrected chi connectivity index (χ0v) is 17.7. The van der Waals surface area contributed by atoms with Crippen LogP contribution in [-0.4, -0.2) is 55.4 Å². The predicted octanol–water partition coefficient (Wildman–Crippen LogP) is 3.71. The van der Waals surface area contributed by atoms with Gasteiger partial charge in [-0.1, -0.05) is 23.7 Å². The molecular weight excluding hydrogens is 409 g/mol. The SMILES string of the molecule is CCOC(OCC)C(CO)NC1=Nc2ccc(Cl)cc2C(c2ccccc2F)=NC1. The highest BCUT2D eigenvalue weighted by atomic mass is 35.5. The molecule has 2 aromatic rings. The summed E-state index contributed by atoms with van der Waals surface area (Å²) in [5, 5.41) is 13.5. The monoisotopic (exact) mass is 433 g/mol. The third-order valence-electron chi connectivity index (χ3n) is 4.52. The van der Waals surface area contributed by atoms with Gasteiger partial charge in [0.1, 0.15) is 17.7 Å². The minimum Gasteiger partial charge on any atom is -0.394 e. The number of rotatable bonds is 8. The van der Waals surface area contributed by atoms with Crippen LogP contribution in [0, 0.1) is 5.82 Å². The number of ether oxygens (including phenoxy) is 2. The van der Waals surface area contributed by atoms with Crippen molar-refractivity contribution < 1.29 is 19.0 Å². The topological polar surface area (TPSA) is 75.4 Å². The van der Waals surface area contributed by atoms with Crippen LogP contribution >= 0.6 is 11.6 Å². The number of hydrogen-bond donors (Lipinski definition) is 2. The zero-order valence-electron chi connectivity index (χ0n) is 16.9. The van der Waals surface area contributed by atoms with Gasteiger partial charge in [-0.15, -0.1) is 0 Å². The number of fused-ring (bicyclic) bond motifs is 1. The Bertz CT molecular complexity index is 930. The number of halogens is 2. The third-order valence-corrected chi connectivity index (χ3v) is 4.76. The van der Waals surface area contributed by atoms with Gasteiger partial charge in [-0.2, -0.15) is 0 Å². The summed E-state index contributed by atoms with van der Waals surface area (Å²) < 4.78 is 25.7. The van der Waals surface area contributed by atoms with Crippen molar-refractivity contribution in [2.24, 2.45) is 9.98 Å². The van der Waals surface area contributed by atoms with Crippen LogP contribution < -0.4 is 5.32 Å². The molecule has 6 nitrogen and oxygen atoms in total. The Labute approximate surface area is 180 Å². The highest BCUT2D eigenvalue weighted by Crippen LogP contribution is 2.29. The van der Waals surface area contributed by atoms with Gasteiger partial charge in [-0.3, -0.25) is 4.99 Å². The van der Waals surface area contributed by atoms with Crippen LogP contribution in [0.4, 0.5) is 10.1 Å². The summed E-state index contributed by atoms with van der Waals surface area (Å²) in [7, 11) is 0. The Morgan fingerprint density at radius 3 is 2.53 bits per heavy atom. The first kappa shape index (κ1) is 22.4. The summed E-state index contributed by atoms with van der Waals surface area (Å²) in [6.07, 6.45) is -0.643. The van der Waals surface area contributed by atoms with E-state index in [1.807, 2.05) is 13.8 Å². The zero-order chi connectivity index (χ0) is 21.5. The van der Waals surface area contributed by atoms with Gasteiger partial charge >= 0.3 is 0 Å². The minimum absolute atomic E-state index is 0.164. The lowest BCUT2D eigenvalue weighted by atomic mass is 10.0. The number of benzene rings is 2.